The molecule has 2 aromatic rings. The smallest absolute Gasteiger partial charge is 0.256 e. The maximum atomic E-state index is 12.7. The normalized spacial score (nSPS) is 22.4. The molecule has 0 saturated carbocycles. The lowest BCUT2D eigenvalue weighted by atomic mass is 9.88. The molecule has 1 aromatic carbocycles. The van der Waals surface area contributed by atoms with Crippen molar-refractivity contribution in [3.63, 3.8) is 0 Å². The van der Waals surface area contributed by atoms with Gasteiger partial charge in [-0.1, -0.05) is 22.9 Å². The SMILES string of the molecule is C[C@@H]1CCc2c(sc3c2C(=O)N[C@H](c2cc(Br)cc(Br)c2O)N3)C1. The molecule has 2 heterocycles. The molecule has 0 saturated heterocycles. The first-order chi connectivity index (χ1) is 11.4. The van der Waals surface area contributed by atoms with Crippen molar-refractivity contribution in [3.05, 3.63) is 42.6 Å². The summed E-state index contributed by atoms with van der Waals surface area (Å²) in [4.78, 5) is 14.0. The van der Waals surface area contributed by atoms with E-state index in [0.29, 0.717) is 16.0 Å². The van der Waals surface area contributed by atoms with Crippen LogP contribution < -0.4 is 10.6 Å². The number of nitrogens with one attached hydrogen (secondary N) is 2. The average molecular weight is 472 g/mol. The van der Waals surface area contributed by atoms with Crippen molar-refractivity contribution in [2.75, 3.05) is 5.32 Å². The summed E-state index contributed by atoms with van der Waals surface area (Å²) in [6.45, 7) is 2.26. The molecule has 0 fully saturated rings. The minimum absolute atomic E-state index is 0.0590. The molecule has 24 heavy (non-hydrogen) atoms. The van der Waals surface area contributed by atoms with Gasteiger partial charge in [0.1, 0.15) is 16.9 Å². The summed E-state index contributed by atoms with van der Waals surface area (Å²) in [6.07, 6.45) is 2.69. The Labute approximate surface area is 160 Å². The Morgan fingerprint density at radius 1 is 1.29 bits per heavy atom. The van der Waals surface area contributed by atoms with E-state index in [1.54, 1.807) is 17.4 Å². The second-order valence-corrected chi connectivity index (χ2v) is 9.31. The number of benzene rings is 1. The number of phenolic OH excluding ortho intramolecular Hbond substituents is 1. The lowest BCUT2D eigenvalue weighted by Crippen LogP contribution is -2.38. The topological polar surface area (TPSA) is 61.4 Å². The van der Waals surface area contributed by atoms with Crippen molar-refractivity contribution in [2.45, 2.75) is 32.4 Å². The van der Waals surface area contributed by atoms with Gasteiger partial charge in [-0.25, -0.2) is 0 Å². The Bertz CT molecular complexity index is 850. The molecule has 4 nitrogen and oxygen atoms in total. The molecule has 0 radical (unpaired) electrons. The third-order valence-electron chi connectivity index (χ3n) is 4.66. The number of hydrogen-bond acceptors (Lipinski definition) is 4. The van der Waals surface area contributed by atoms with Crippen molar-refractivity contribution < 1.29 is 9.90 Å². The van der Waals surface area contributed by atoms with Crippen LogP contribution in [0.3, 0.4) is 0 Å². The first-order valence-corrected chi connectivity index (χ1v) is 10.2. The molecule has 1 amide bonds. The van der Waals surface area contributed by atoms with Crippen LogP contribution in [-0.2, 0) is 12.8 Å². The van der Waals surface area contributed by atoms with Gasteiger partial charge >= 0.3 is 0 Å². The molecule has 0 spiro atoms. The number of carbonyl (C=O) groups excluding carboxylic acids is 1. The van der Waals surface area contributed by atoms with Crippen LogP contribution in [0.4, 0.5) is 5.00 Å². The summed E-state index contributed by atoms with van der Waals surface area (Å²) in [5, 5.41) is 17.6. The first kappa shape index (κ1) is 16.4. The van der Waals surface area contributed by atoms with E-state index in [9.17, 15) is 9.90 Å². The van der Waals surface area contributed by atoms with Crippen molar-refractivity contribution in [3.8, 4) is 5.75 Å². The Kier molecular flexibility index (Phi) is 4.13. The minimum atomic E-state index is -0.448. The van der Waals surface area contributed by atoms with E-state index in [1.807, 2.05) is 6.07 Å². The van der Waals surface area contributed by atoms with E-state index in [4.69, 9.17) is 0 Å². The monoisotopic (exact) mass is 470 g/mol. The predicted molar refractivity (Wildman–Crippen MR) is 103 cm³/mol. The fourth-order valence-electron chi connectivity index (χ4n) is 3.42. The number of rotatable bonds is 1. The number of phenols is 1. The third kappa shape index (κ3) is 2.66. The quantitative estimate of drug-likeness (QED) is 0.550. The molecule has 1 aromatic heterocycles. The Morgan fingerprint density at radius 2 is 2.08 bits per heavy atom. The van der Waals surface area contributed by atoms with Gasteiger partial charge in [0.05, 0.1) is 10.0 Å². The Balaban J connectivity index is 1.74. The molecule has 2 aliphatic rings. The van der Waals surface area contributed by atoms with Crippen LogP contribution in [-0.4, -0.2) is 11.0 Å². The van der Waals surface area contributed by atoms with Crippen LogP contribution in [0.2, 0.25) is 0 Å². The van der Waals surface area contributed by atoms with E-state index >= 15 is 0 Å². The Hall–Kier alpha value is -1.05. The minimum Gasteiger partial charge on any atom is -0.506 e. The fraction of sp³-hybridized carbons (Fsp3) is 0.353. The maximum Gasteiger partial charge on any atom is 0.256 e. The van der Waals surface area contributed by atoms with E-state index in [-0.39, 0.29) is 11.7 Å². The molecule has 0 bridgehead atoms. The van der Waals surface area contributed by atoms with Crippen molar-refractivity contribution in [1.29, 1.82) is 0 Å². The molecule has 126 valence electrons. The number of amides is 1. The van der Waals surface area contributed by atoms with Gasteiger partial charge in [-0.2, -0.15) is 0 Å². The summed E-state index contributed by atoms with van der Waals surface area (Å²) in [7, 11) is 0. The van der Waals surface area contributed by atoms with Crippen LogP contribution >= 0.6 is 43.2 Å². The predicted octanol–water partition coefficient (Wildman–Crippen LogP) is 4.96. The highest BCUT2D eigenvalue weighted by atomic mass is 79.9. The zero-order chi connectivity index (χ0) is 17.0. The maximum absolute atomic E-state index is 12.7. The first-order valence-electron chi connectivity index (χ1n) is 7.84. The van der Waals surface area contributed by atoms with Crippen molar-refractivity contribution in [1.82, 2.24) is 5.32 Å². The summed E-state index contributed by atoms with van der Waals surface area (Å²) in [5.41, 5.74) is 2.64. The van der Waals surface area contributed by atoms with Gasteiger partial charge in [-0.3, -0.25) is 4.79 Å². The van der Waals surface area contributed by atoms with Gasteiger partial charge in [0.25, 0.3) is 5.91 Å². The molecular formula is C17H16Br2N2O2S. The number of fused-ring (bicyclic) bond motifs is 3. The van der Waals surface area contributed by atoms with Gasteiger partial charge in [-0.15, -0.1) is 11.3 Å². The molecule has 1 aliphatic carbocycles. The molecule has 7 heteroatoms. The molecule has 0 unspecified atom stereocenters. The summed E-state index contributed by atoms with van der Waals surface area (Å²) in [6, 6.07) is 3.60. The van der Waals surface area contributed by atoms with E-state index in [1.165, 1.54) is 10.4 Å². The number of aromatic hydroxyl groups is 1. The number of carbonyl (C=O) groups is 1. The van der Waals surface area contributed by atoms with E-state index in [0.717, 1.165) is 34.3 Å². The van der Waals surface area contributed by atoms with Crippen molar-refractivity contribution >= 4 is 54.1 Å². The standard InChI is InChI=1S/C17H16Br2N2O2S/c1-7-2-3-9-12(4-7)24-17-13(9)16(23)20-15(21-17)10-5-8(18)6-11(19)14(10)22/h5-7,15,21-22H,2-4H2,1H3,(H,20,23)/t7-,15+/m1/s1. The average Bonchev–Trinajstić information content (AvgIpc) is 2.88. The van der Waals surface area contributed by atoms with Gasteiger partial charge in [-0.05, 0) is 58.8 Å². The van der Waals surface area contributed by atoms with Gasteiger partial charge in [0.2, 0.25) is 0 Å². The summed E-state index contributed by atoms with van der Waals surface area (Å²) >= 11 is 8.46. The largest absolute Gasteiger partial charge is 0.506 e. The van der Waals surface area contributed by atoms with Crippen LogP contribution in [0.15, 0.2) is 21.1 Å². The highest BCUT2D eigenvalue weighted by Crippen LogP contribution is 2.44. The van der Waals surface area contributed by atoms with Gasteiger partial charge in [0, 0.05) is 14.9 Å². The van der Waals surface area contributed by atoms with Gasteiger partial charge < -0.3 is 15.7 Å². The number of anilines is 1. The van der Waals surface area contributed by atoms with Crippen LogP contribution in [0.25, 0.3) is 0 Å². The van der Waals surface area contributed by atoms with Crippen LogP contribution in [0.1, 0.15) is 45.9 Å². The Morgan fingerprint density at radius 3 is 2.88 bits per heavy atom. The van der Waals surface area contributed by atoms with Crippen LogP contribution in [0.5, 0.6) is 5.75 Å². The highest BCUT2D eigenvalue weighted by Gasteiger charge is 2.34. The molecule has 1 aliphatic heterocycles. The zero-order valence-corrected chi connectivity index (χ0v) is 16.9. The third-order valence-corrected chi connectivity index (χ3v) is 6.91. The lowest BCUT2D eigenvalue weighted by molar-refractivity contribution is 0.0935. The molecular weight excluding hydrogens is 456 g/mol. The number of hydrogen-bond donors (Lipinski definition) is 3. The summed E-state index contributed by atoms with van der Waals surface area (Å²) in [5.74, 6) is 0.743. The zero-order valence-electron chi connectivity index (χ0n) is 13.0. The second kappa shape index (κ2) is 6.04. The molecule has 4 rings (SSSR count). The number of halogens is 2. The lowest BCUT2D eigenvalue weighted by Gasteiger charge is -2.27. The summed E-state index contributed by atoms with van der Waals surface area (Å²) < 4.78 is 1.43. The van der Waals surface area contributed by atoms with E-state index < -0.39 is 6.17 Å². The van der Waals surface area contributed by atoms with Gasteiger partial charge in [0.15, 0.2) is 0 Å². The van der Waals surface area contributed by atoms with Crippen molar-refractivity contribution in [2.24, 2.45) is 5.92 Å². The second-order valence-electron chi connectivity index (χ2n) is 6.43. The highest BCUT2D eigenvalue weighted by molar-refractivity contribution is 9.11. The van der Waals surface area contributed by atoms with E-state index in [2.05, 4.69) is 49.4 Å². The molecule has 3 N–H and O–H groups in total. The molecule has 2 atom stereocenters. The number of thiophene rings is 1. The van der Waals surface area contributed by atoms with Crippen LogP contribution in [0, 0.1) is 5.92 Å². The fourth-order valence-corrected chi connectivity index (χ4v) is 6.12.